The number of aromatic nitrogens is 1. The van der Waals surface area contributed by atoms with Crippen molar-refractivity contribution in [3.63, 3.8) is 0 Å². The smallest absolute Gasteiger partial charge is 0.235 e. The maximum atomic E-state index is 13.5. The van der Waals surface area contributed by atoms with Crippen molar-refractivity contribution in [3.05, 3.63) is 46.4 Å². The van der Waals surface area contributed by atoms with E-state index in [0.29, 0.717) is 27.9 Å². The predicted molar refractivity (Wildman–Crippen MR) is 77.4 cm³/mol. The van der Waals surface area contributed by atoms with Crippen LogP contribution in [-0.2, 0) is 10.5 Å². The lowest BCUT2D eigenvalue weighted by molar-refractivity contribution is -0.113. The lowest BCUT2D eigenvalue weighted by Gasteiger charge is -2.05. The molecule has 1 aromatic carbocycles. The minimum absolute atomic E-state index is 0.177. The van der Waals surface area contributed by atoms with Crippen LogP contribution in [-0.4, -0.2) is 16.8 Å². The molecule has 1 heterocycles. The van der Waals surface area contributed by atoms with E-state index < -0.39 is 0 Å². The summed E-state index contributed by atoms with van der Waals surface area (Å²) in [6.45, 7) is 1.73. The van der Waals surface area contributed by atoms with Gasteiger partial charge in [-0.25, -0.2) is 4.39 Å². The summed E-state index contributed by atoms with van der Waals surface area (Å²) in [6.07, 6.45) is 0. The van der Waals surface area contributed by atoms with Gasteiger partial charge in [-0.2, -0.15) is 0 Å². The van der Waals surface area contributed by atoms with Crippen molar-refractivity contribution in [2.24, 2.45) is 0 Å². The highest BCUT2D eigenvalue weighted by Crippen LogP contribution is 2.23. The molecule has 106 valence electrons. The first kappa shape index (κ1) is 14.9. The van der Waals surface area contributed by atoms with E-state index in [2.05, 4.69) is 10.5 Å². The van der Waals surface area contributed by atoms with Crippen LogP contribution in [0.2, 0.25) is 5.02 Å². The van der Waals surface area contributed by atoms with Crippen LogP contribution >= 0.6 is 23.4 Å². The Kier molecular flexibility index (Phi) is 5.03. The Morgan fingerprint density at radius 2 is 2.35 bits per heavy atom. The fourth-order valence-electron chi connectivity index (χ4n) is 1.52. The number of rotatable bonds is 5. The molecule has 0 atom stereocenters. The number of aryl methyl sites for hydroxylation is 1. The summed E-state index contributed by atoms with van der Waals surface area (Å²) >= 11 is 7.18. The lowest BCUT2D eigenvalue weighted by Crippen LogP contribution is -2.14. The van der Waals surface area contributed by atoms with Gasteiger partial charge in [-0.15, -0.1) is 11.8 Å². The third-order valence-corrected chi connectivity index (χ3v) is 3.75. The minimum Gasteiger partial charge on any atom is -0.360 e. The number of hydrogen-bond acceptors (Lipinski definition) is 4. The SMILES string of the molecule is Cc1cc(NC(=O)CSCc2c(F)cccc2Cl)no1. The van der Waals surface area contributed by atoms with Gasteiger partial charge in [-0.3, -0.25) is 4.79 Å². The number of halogens is 2. The normalized spacial score (nSPS) is 10.6. The number of carbonyl (C=O) groups excluding carboxylic acids is 1. The summed E-state index contributed by atoms with van der Waals surface area (Å²) in [5, 5.41) is 6.61. The Hall–Kier alpha value is -1.53. The number of carbonyl (C=O) groups is 1. The molecule has 0 radical (unpaired) electrons. The van der Waals surface area contributed by atoms with Crippen molar-refractivity contribution in [1.29, 1.82) is 0 Å². The highest BCUT2D eigenvalue weighted by Gasteiger charge is 2.10. The molecule has 0 saturated carbocycles. The van der Waals surface area contributed by atoms with Crippen LogP contribution < -0.4 is 5.32 Å². The Morgan fingerprint density at radius 1 is 1.55 bits per heavy atom. The van der Waals surface area contributed by atoms with E-state index in [1.807, 2.05) is 0 Å². The number of nitrogens with zero attached hydrogens (tertiary/aromatic N) is 1. The van der Waals surface area contributed by atoms with Crippen LogP contribution in [0.4, 0.5) is 10.2 Å². The highest BCUT2D eigenvalue weighted by atomic mass is 35.5. The van der Waals surface area contributed by atoms with Crippen molar-refractivity contribution in [2.75, 3.05) is 11.1 Å². The topological polar surface area (TPSA) is 55.1 Å². The van der Waals surface area contributed by atoms with Crippen LogP contribution in [0.5, 0.6) is 0 Å². The number of benzene rings is 1. The molecule has 0 aliphatic carbocycles. The molecule has 4 nitrogen and oxygen atoms in total. The van der Waals surface area contributed by atoms with Crippen LogP contribution in [0, 0.1) is 12.7 Å². The number of thioether (sulfide) groups is 1. The molecule has 2 rings (SSSR count). The second-order valence-corrected chi connectivity index (χ2v) is 5.46. The average molecular weight is 315 g/mol. The van der Waals surface area contributed by atoms with Crippen LogP contribution in [0.3, 0.4) is 0 Å². The molecule has 0 aliphatic heterocycles. The van der Waals surface area contributed by atoms with Gasteiger partial charge < -0.3 is 9.84 Å². The van der Waals surface area contributed by atoms with Gasteiger partial charge in [-0.05, 0) is 19.1 Å². The summed E-state index contributed by atoms with van der Waals surface area (Å²) in [4.78, 5) is 11.6. The fraction of sp³-hybridized carbons (Fsp3) is 0.231. The largest absolute Gasteiger partial charge is 0.360 e. The molecule has 1 aromatic heterocycles. The summed E-state index contributed by atoms with van der Waals surface area (Å²) in [6, 6.07) is 6.14. The van der Waals surface area contributed by atoms with E-state index in [4.69, 9.17) is 16.1 Å². The molecule has 0 fully saturated rings. The standard InChI is InChI=1S/C13H12ClFN2O2S/c1-8-5-12(17-19-8)16-13(18)7-20-6-9-10(14)3-2-4-11(9)15/h2-5H,6-7H2,1H3,(H,16,17,18). The molecule has 0 bridgehead atoms. The third kappa shape index (κ3) is 3.98. The number of amides is 1. The van der Waals surface area contributed by atoms with E-state index in [9.17, 15) is 9.18 Å². The van der Waals surface area contributed by atoms with E-state index in [0.717, 1.165) is 0 Å². The van der Waals surface area contributed by atoms with Crippen molar-refractivity contribution in [2.45, 2.75) is 12.7 Å². The average Bonchev–Trinajstić information content (AvgIpc) is 2.78. The van der Waals surface area contributed by atoms with Gasteiger partial charge in [0.1, 0.15) is 11.6 Å². The van der Waals surface area contributed by atoms with E-state index in [-0.39, 0.29) is 17.5 Å². The van der Waals surface area contributed by atoms with Crippen molar-refractivity contribution < 1.29 is 13.7 Å². The van der Waals surface area contributed by atoms with Crippen LogP contribution in [0.15, 0.2) is 28.8 Å². The van der Waals surface area contributed by atoms with Crippen molar-refractivity contribution >= 4 is 35.1 Å². The number of nitrogens with one attached hydrogen (secondary N) is 1. The van der Waals surface area contributed by atoms with Crippen molar-refractivity contribution in [3.8, 4) is 0 Å². The van der Waals surface area contributed by atoms with Crippen LogP contribution in [0.25, 0.3) is 0 Å². The Labute approximate surface area is 124 Å². The van der Waals surface area contributed by atoms with Crippen LogP contribution in [0.1, 0.15) is 11.3 Å². The Morgan fingerprint density at radius 3 is 3.00 bits per heavy atom. The zero-order valence-electron chi connectivity index (χ0n) is 10.7. The minimum atomic E-state index is -0.363. The molecule has 7 heteroatoms. The summed E-state index contributed by atoms with van der Waals surface area (Å²) in [5.41, 5.74) is 0.407. The second-order valence-electron chi connectivity index (χ2n) is 4.06. The molecule has 1 N–H and O–H groups in total. The molecule has 20 heavy (non-hydrogen) atoms. The van der Waals surface area contributed by atoms with Gasteiger partial charge in [-0.1, -0.05) is 22.8 Å². The highest BCUT2D eigenvalue weighted by molar-refractivity contribution is 7.99. The molecular weight excluding hydrogens is 303 g/mol. The van der Waals surface area contributed by atoms with Gasteiger partial charge in [0.2, 0.25) is 5.91 Å². The molecule has 0 spiro atoms. The maximum Gasteiger partial charge on any atom is 0.235 e. The van der Waals surface area contributed by atoms with Crippen molar-refractivity contribution in [1.82, 2.24) is 5.16 Å². The summed E-state index contributed by atoms with van der Waals surface area (Å²) in [5.74, 6) is 0.907. The molecule has 0 unspecified atom stereocenters. The summed E-state index contributed by atoms with van der Waals surface area (Å²) < 4.78 is 18.3. The van der Waals surface area contributed by atoms with Gasteiger partial charge in [0.05, 0.1) is 5.75 Å². The van der Waals surface area contributed by atoms with Gasteiger partial charge in [0.25, 0.3) is 0 Å². The first-order valence-electron chi connectivity index (χ1n) is 5.80. The quantitative estimate of drug-likeness (QED) is 0.915. The van der Waals surface area contributed by atoms with E-state index in [1.165, 1.54) is 17.8 Å². The monoisotopic (exact) mass is 314 g/mol. The molecule has 1 amide bonds. The number of hydrogen-bond donors (Lipinski definition) is 1. The molecular formula is C13H12ClFN2O2S. The first-order valence-corrected chi connectivity index (χ1v) is 7.33. The Balaban J connectivity index is 1.82. The molecule has 0 saturated heterocycles. The predicted octanol–water partition coefficient (Wildman–Crippen LogP) is 3.65. The number of anilines is 1. The zero-order valence-corrected chi connectivity index (χ0v) is 12.2. The van der Waals surface area contributed by atoms with E-state index >= 15 is 0 Å². The summed E-state index contributed by atoms with van der Waals surface area (Å²) in [7, 11) is 0. The maximum absolute atomic E-state index is 13.5. The Bertz CT molecular complexity index is 598. The van der Waals surface area contributed by atoms with Gasteiger partial charge >= 0.3 is 0 Å². The lowest BCUT2D eigenvalue weighted by atomic mass is 10.2. The second kappa shape index (κ2) is 6.76. The fourth-order valence-corrected chi connectivity index (χ4v) is 2.69. The van der Waals surface area contributed by atoms with E-state index in [1.54, 1.807) is 25.1 Å². The molecule has 0 aliphatic rings. The molecule has 2 aromatic rings. The third-order valence-electron chi connectivity index (χ3n) is 2.44. The zero-order chi connectivity index (χ0) is 14.5. The first-order chi connectivity index (χ1) is 9.56. The van der Waals surface area contributed by atoms with Gasteiger partial charge in [0, 0.05) is 22.4 Å². The van der Waals surface area contributed by atoms with Gasteiger partial charge in [0.15, 0.2) is 5.82 Å².